The first-order valence-electron chi connectivity index (χ1n) is 7.53. The third-order valence-electron chi connectivity index (χ3n) is 3.25. The predicted octanol–water partition coefficient (Wildman–Crippen LogP) is 4.24. The number of hydrazone groups is 1. The van der Waals surface area contributed by atoms with Crippen LogP contribution in [0.15, 0.2) is 90.0 Å². The van der Waals surface area contributed by atoms with E-state index < -0.39 is 0 Å². The number of nitrogens with one attached hydrogen (secondary N) is 1. The fourth-order valence-electron chi connectivity index (χ4n) is 2.10. The molecule has 0 spiro atoms. The number of amides is 1. The molecule has 0 saturated heterocycles. The van der Waals surface area contributed by atoms with Crippen LogP contribution in [-0.4, -0.2) is 12.1 Å². The minimum Gasteiger partial charge on any atom is -0.457 e. The van der Waals surface area contributed by atoms with E-state index in [-0.39, 0.29) is 5.91 Å². The zero-order chi connectivity index (χ0) is 16.6. The molecule has 0 saturated carbocycles. The average Bonchev–Trinajstić information content (AvgIpc) is 2.63. The van der Waals surface area contributed by atoms with Gasteiger partial charge < -0.3 is 4.74 Å². The van der Waals surface area contributed by atoms with Crippen LogP contribution in [0.3, 0.4) is 0 Å². The van der Waals surface area contributed by atoms with Crippen LogP contribution in [0.1, 0.15) is 15.9 Å². The number of nitrogens with zero attached hydrogens (tertiary/aromatic N) is 1. The number of hydrogen-bond acceptors (Lipinski definition) is 3. The summed E-state index contributed by atoms with van der Waals surface area (Å²) >= 11 is 0. The van der Waals surface area contributed by atoms with E-state index in [0.717, 1.165) is 11.3 Å². The second kappa shape index (κ2) is 7.74. The Labute approximate surface area is 140 Å². The van der Waals surface area contributed by atoms with Crippen molar-refractivity contribution in [3.63, 3.8) is 0 Å². The number of carbonyl (C=O) groups is 1. The Kier molecular flexibility index (Phi) is 5.00. The van der Waals surface area contributed by atoms with Crippen LogP contribution < -0.4 is 10.2 Å². The summed E-state index contributed by atoms with van der Waals surface area (Å²) in [7, 11) is 0. The Morgan fingerprint density at radius 3 is 2.25 bits per heavy atom. The molecule has 0 aliphatic heterocycles. The van der Waals surface area contributed by atoms with Gasteiger partial charge in [-0.05, 0) is 42.0 Å². The molecule has 3 rings (SSSR count). The van der Waals surface area contributed by atoms with Crippen molar-refractivity contribution in [2.45, 2.75) is 0 Å². The Hall–Kier alpha value is -3.40. The highest BCUT2D eigenvalue weighted by Gasteiger charge is 2.02. The monoisotopic (exact) mass is 316 g/mol. The molecule has 0 heterocycles. The Morgan fingerprint density at radius 1 is 0.833 bits per heavy atom. The first-order valence-corrected chi connectivity index (χ1v) is 7.53. The standard InChI is InChI=1S/C20H16N2O2/c23-20(17-9-3-1-4-10-17)22-21-15-16-8-7-13-19(14-16)24-18-11-5-2-6-12-18/h1-15H,(H,22,23). The number of benzene rings is 3. The smallest absolute Gasteiger partial charge is 0.271 e. The van der Waals surface area contributed by atoms with Gasteiger partial charge in [-0.15, -0.1) is 0 Å². The van der Waals surface area contributed by atoms with E-state index in [9.17, 15) is 4.79 Å². The van der Waals surface area contributed by atoms with Crippen LogP contribution in [-0.2, 0) is 0 Å². The first kappa shape index (κ1) is 15.5. The predicted molar refractivity (Wildman–Crippen MR) is 94.5 cm³/mol. The highest BCUT2D eigenvalue weighted by Crippen LogP contribution is 2.21. The van der Waals surface area contributed by atoms with E-state index >= 15 is 0 Å². The van der Waals surface area contributed by atoms with Gasteiger partial charge in [0.25, 0.3) is 5.91 Å². The van der Waals surface area contributed by atoms with Crippen LogP contribution in [0.5, 0.6) is 11.5 Å². The van der Waals surface area contributed by atoms with Crippen LogP contribution in [0, 0.1) is 0 Å². The molecule has 0 aromatic heterocycles. The van der Waals surface area contributed by atoms with Crippen LogP contribution >= 0.6 is 0 Å². The Morgan fingerprint density at radius 2 is 1.50 bits per heavy atom. The molecule has 0 aliphatic rings. The second-order valence-corrected chi connectivity index (χ2v) is 5.05. The lowest BCUT2D eigenvalue weighted by Gasteiger charge is -2.05. The lowest BCUT2D eigenvalue weighted by Crippen LogP contribution is -2.17. The fourth-order valence-corrected chi connectivity index (χ4v) is 2.10. The van der Waals surface area contributed by atoms with Gasteiger partial charge in [-0.3, -0.25) is 4.79 Å². The first-order chi connectivity index (χ1) is 11.8. The highest BCUT2D eigenvalue weighted by molar-refractivity contribution is 5.94. The summed E-state index contributed by atoms with van der Waals surface area (Å²) in [6, 6.07) is 26.0. The molecule has 0 radical (unpaired) electrons. The molecule has 3 aromatic rings. The molecule has 0 aliphatic carbocycles. The summed E-state index contributed by atoms with van der Waals surface area (Å²) < 4.78 is 5.77. The highest BCUT2D eigenvalue weighted by atomic mass is 16.5. The summed E-state index contributed by atoms with van der Waals surface area (Å²) in [5, 5.41) is 3.99. The van der Waals surface area contributed by atoms with Crippen LogP contribution in [0.2, 0.25) is 0 Å². The van der Waals surface area contributed by atoms with Crippen molar-refractivity contribution in [2.24, 2.45) is 5.10 Å². The largest absolute Gasteiger partial charge is 0.457 e. The van der Waals surface area contributed by atoms with Crippen molar-refractivity contribution in [2.75, 3.05) is 0 Å². The summed E-state index contributed by atoms with van der Waals surface area (Å²) in [6.45, 7) is 0. The molecule has 4 heteroatoms. The van der Waals surface area contributed by atoms with Gasteiger partial charge in [-0.1, -0.05) is 48.5 Å². The van der Waals surface area contributed by atoms with Gasteiger partial charge in [0.05, 0.1) is 6.21 Å². The van der Waals surface area contributed by atoms with Crippen molar-refractivity contribution >= 4 is 12.1 Å². The number of ether oxygens (including phenoxy) is 1. The van der Waals surface area contributed by atoms with Crippen LogP contribution in [0.4, 0.5) is 0 Å². The summed E-state index contributed by atoms with van der Waals surface area (Å²) in [4.78, 5) is 11.9. The van der Waals surface area contributed by atoms with E-state index in [2.05, 4.69) is 10.5 Å². The van der Waals surface area contributed by atoms with E-state index in [1.807, 2.05) is 72.8 Å². The van der Waals surface area contributed by atoms with E-state index in [0.29, 0.717) is 11.3 Å². The zero-order valence-corrected chi connectivity index (χ0v) is 12.9. The maximum atomic E-state index is 11.9. The van der Waals surface area contributed by atoms with Gasteiger partial charge in [-0.2, -0.15) is 5.10 Å². The van der Waals surface area contributed by atoms with Crippen molar-refractivity contribution in [3.05, 3.63) is 96.1 Å². The molecule has 1 amide bonds. The molecule has 0 atom stereocenters. The van der Waals surface area contributed by atoms with Crippen molar-refractivity contribution in [3.8, 4) is 11.5 Å². The van der Waals surface area contributed by atoms with Crippen molar-refractivity contribution in [1.82, 2.24) is 5.43 Å². The molecule has 0 bridgehead atoms. The summed E-state index contributed by atoms with van der Waals surface area (Å²) in [5.74, 6) is 1.23. The summed E-state index contributed by atoms with van der Waals surface area (Å²) in [6.07, 6.45) is 1.58. The zero-order valence-electron chi connectivity index (χ0n) is 12.9. The van der Waals surface area contributed by atoms with E-state index in [4.69, 9.17) is 4.74 Å². The maximum absolute atomic E-state index is 11.9. The van der Waals surface area contributed by atoms with Gasteiger partial charge in [0.2, 0.25) is 0 Å². The van der Waals surface area contributed by atoms with Gasteiger partial charge in [0.15, 0.2) is 0 Å². The minimum absolute atomic E-state index is 0.247. The van der Waals surface area contributed by atoms with Crippen molar-refractivity contribution < 1.29 is 9.53 Å². The van der Waals surface area contributed by atoms with Gasteiger partial charge in [-0.25, -0.2) is 5.43 Å². The molecule has 3 aromatic carbocycles. The number of carbonyl (C=O) groups excluding carboxylic acids is 1. The number of para-hydroxylation sites is 1. The normalized spacial score (nSPS) is 10.5. The third-order valence-corrected chi connectivity index (χ3v) is 3.25. The molecule has 1 N–H and O–H groups in total. The van der Waals surface area contributed by atoms with Gasteiger partial charge in [0, 0.05) is 5.56 Å². The molecular weight excluding hydrogens is 300 g/mol. The molecular formula is C20H16N2O2. The molecule has 0 unspecified atom stereocenters. The van der Waals surface area contributed by atoms with E-state index in [1.54, 1.807) is 18.3 Å². The molecule has 4 nitrogen and oxygen atoms in total. The minimum atomic E-state index is -0.247. The molecule has 24 heavy (non-hydrogen) atoms. The molecule has 118 valence electrons. The lowest BCUT2D eigenvalue weighted by molar-refractivity contribution is 0.0955. The summed E-state index contributed by atoms with van der Waals surface area (Å²) in [5.41, 5.74) is 3.90. The van der Waals surface area contributed by atoms with Gasteiger partial charge >= 0.3 is 0 Å². The third kappa shape index (κ3) is 4.30. The van der Waals surface area contributed by atoms with E-state index in [1.165, 1.54) is 0 Å². The number of rotatable bonds is 5. The van der Waals surface area contributed by atoms with Crippen LogP contribution in [0.25, 0.3) is 0 Å². The SMILES string of the molecule is O=C(NN=Cc1cccc(Oc2ccccc2)c1)c1ccccc1. The Bertz CT molecular complexity index is 831. The topological polar surface area (TPSA) is 50.7 Å². The quantitative estimate of drug-likeness (QED) is 0.565. The Balaban J connectivity index is 1.63. The molecule has 0 fully saturated rings. The average molecular weight is 316 g/mol. The fraction of sp³-hybridized carbons (Fsp3) is 0. The number of hydrogen-bond donors (Lipinski definition) is 1. The maximum Gasteiger partial charge on any atom is 0.271 e. The lowest BCUT2D eigenvalue weighted by atomic mass is 10.2. The van der Waals surface area contributed by atoms with Gasteiger partial charge in [0.1, 0.15) is 11.5 Å². The second-order valence-electron chi connectivity index (χ2n) is 5.05. The van der Waals surface area contributed by atoms with Crippen molar-refractivity contribution in [1.29, 1.82) is 0 Å².